The fourth-order valence-corrected chi connectivity index (χ4v) is 2.48. The summed E-state index contributed by atoms with van der Waals surface area (Å²) in [5.41, 5.74) is 2.83. The second-order valence-electron chi connectivity index (χ2n) is 4.03. The first-order chi connectivity index (χ1) is 9.24. The first kappa shape index (κ1) is 13.6. The fourth-order valence-electron chi connectivity index (χ4n) is 1.79. The van der Waals surface area contributed by atoms with Crippen LogP contribution in [0.1, 0.15) is 5.56 Å². The van der Waals surface area contributed by atoms with Crippen molar-refractivity contribution in [3.63, 3.8) is 0 Å². The zero-order valence-corrected chi connectivity index (χ0v) is 12.1. The minimum atomic E-state index is 0.803. The molecule has 2 aromatic carbocycles. The van der Waals surface area contributed by atoms with Crippen molar-refractivity contribution in [1.29, 1.82) is 0 Å². The average molecular weight is 272 g/mol. The summed E-state index contributed by atoms with van der Waals surface area (Å²) < 4.78 is 5.28. The van der Waals surface area contributed by atoms with Gasteiger partial charge in [-0.15, -0.1) is 16.9 Å². The lowest BCUT2D eigenvalue weighted by atomic mass is 10.2. The Bertz CT molecular complexity index is 582. The third-order valence-electron chi connectivity index (χ3n) is 2.70. The van der Waals surface area contributed by atoms with Gasteiger partial charge in [0.15, 0.2) is 0 Å². The summed E-state index contributed by atoms with van der Waals surface area (Å²) in [4.78, 5) is 1.13. The van der Waals surface area contributed by atoms with Gasteiger partial charge in [-0.3, -0.25) is 0 Å². The SMILES string of the molecule is COc1cc(C)c(SC)c(N=Nc2ccccc2)c1. The molecule has 0 spiro atoms. The molecule has 4 heteroatoms. The van der Waals surface area contributed by atoms with Gasteiger partial charge in [-0.2, -0.15) is 5.11 Å². The minimum absolute atomic E-state index is 0.803. The summed E-state index contributed by atoms with van der Waals surface area (Å²) in [7, 11) is 1.66. The number of ether oxygens (including phenoxy) is 1. The van der Waals surface area contributed by atoms with E-state index in [0.29, 0.717) is 0 Å². The van der Waals surface area contributed by atoms with Crippen LogP contribution in [0.2, 0.25) is 0 Å². The smallest absolute Gasteiger partial charge is 0.121 e. The molecule has 0 N–H and O–H groups in total. The van der Waals surface area contributed by atoms with Crippen molar-refractivity contribution in [3.05, 3.63) is 48.0 Å². The van der Waals surface area contributed by atoms with Crippen LogP contribution in [0.4, 0.5) is 11.4 Å². The number of hydrogen-bond donors (Lipinski definition) is 0. The third-order valence-corrected chi connectivity index (χ3v) is 3.64. The van der Waals surface area contributed by atoms with Gasteiger partial charge in [-0.05, 0) is 36.9 Å². The number of nitrogens with zero attached hydrogens (tertiary/aromatic N) is 2. The Labute approximate surface area is 117 Å². The highest BCUT2D eigenvalue weighted by Crippen LogP contribution is 2.36. The molecular weight excluding hydrogens is 256 g/mol. The summed E-state index contributed by atoms with van der Waals surface area (Å²) in [6.45, 7) is 2.05. The zero-order valence-electron chi connectivity index (χ0n) is 11.3. The highest BCUT2D eigenvalue weighted by Gasteiger charge is 2.07. The van der Waals surface area contributed by atoms with E-state index < -0.39 is 0 Å². The Morgan fingerprint density at radius 3 is 2.42 bits per heavy atom. The van der Waals surface area contributed by atoms with Crippen LogP contribution >= 0.6 is 11.8 Å². The van der Waals surface area contributed by atoms with Crippen LogP contribution < -0.4 is 4.74 Å². The molecule has 0 amide bonds. The monoisotopic (exact) mass is 272 g/mol. The third kappa shape index (κ3) is 3.35. The predicted octanol–water partition coefficient (Wildman–Crippen LogP) is 5.14. The Balaban J connectivity index is 2.38. The number of hydrogen-bond acceptors (Lipinski definition) is 4. The molecule has 3 nitrogen and oxygen atoms in total. The van der Waals surface area contributed by atoms with E-state index in [1.165, 1.54) is 0 Å². The van der Waals surface area contributed by atoms with Crippen LogP contribution in [0.25, 0.3) is 0 Å². The van der Waals surface area contributed by atoms with Crippen LogP contribution in [-0.4, -0.2) is 13.4 Å². The van der Waals surface area contributed by atoms with Gasteiger partial charge < -0.3 is 4.74 Å². The molecule has 98 valence electrons. The van der Waals surface area contributed by atoms with Crippen molar-refractivity contribution in [1.82, 2.24) is 0 Å². The number of rotatable bonds is 4. The van der Waals surface area contributed by atoms with Gasteiger partial charge in [0.2, 0.25) is 0 Å². The Morgan fingerprint density at radius 2 is 1.79 bits per heavy atom. The van der Waals surface area contributed by atoms with Crippen molar-refractivity contribution in [2.24, 2.45) is 10.2 Å². The van der Waals surface area contributed by atoms with Crippen molar-refractivity contribution < 1.29 is 4.74 Å². The maximum atomic E-state index is 5.28. The lowest BCUT2D eigenvalue weighted by Crippen LogP contribution is -1.86. The quantitative estimate of drug-likeness (QED) is 0.570. The first-order valence-electron chi connectivity index (χ1n) is 5.94. The van der Waals surface area contributed by atoms with Crippen LogP contribution in [0.3, 0.4) is 0 Å². The highest BCUT2D eigenvalue weighted by molar-refractivity contribution is 7.98. The second kappa shape index (κ2) is 6.38. The molecule has 0 heterocycles. The molecule has 0 radical (unpaired) electrons. The van der Waals surface area contributed by atoms with E-state index in [2.05, 4.69) is 17.2 Å². The molecular formula is C15H16N2OS. The van der Waals surface area contributed by atoms with E-state index >= 15 is 0 Å². The molecule has 0 saturated carbocycles. The van der Waals surface area contributed by atoms with Gasteiger partial charge in [0.05, 0.1) is 12.8 Å². The number of aryl methyl sites for hydroxylation is 1. The van der Waals surface area contributed by atoms with E-state index in [-0.39, 0.29) is 0 Å². The van der Waals surface area contributed by atoms with Gasteiger partial charge >= 0.3 is 0 Å². The minimum Gasteiger partial charge on any atom is -0.497 e. The van der Waals surface area contributed by atoms with Crippen LogP contribution in [0.5, 0.6) is 5.75 Å². The molecule has 0 saturated heterocycles. The van der Waals surface area contributed by atoms with E-state index in [9.17, 15) is 0 Å². The molecule has 0 aromatic heterocycles. The summed E-state index contributed by atoms with van der Waals surface area (Å²) in [5, 5.41) is 8.60. The molecule has 0 atom stereocenters. The van der Waals surface area contributed by atoms with Gasteiger partial charge in [0, 0.05) is 11.0 Å². The van der Waals surface area contributed by atoms with E-state index in [1.807, 2.05) is 48.7 Å². The first-order valence-corrected chi connectivity index (χ1v) is 7.16. The van der Waals surface area contributed by atoms with Gasteiger partial charge in [0.1, 0.15) is 11.4 Å². The summed E-state index contributed by atoms with van der Waals surface area (Å²) in [6.07, 6.45) is 2.04. The van der Waals surface area contributed by atoms with Gasteiger partial charge in [-0.25, -0.2) is 0 Å². The topological polar surface area (TPSA) is 34.0 Å². The molecule has 0 fully saturated rings. The summed E-state index contributed by atoms with van der Waals surface area (Å²) >= 11 is 1.67. The van der Waals surface area contributed by atoms with Gasteiger partial charge in [-0.1, -0.05) is 18.2 Å². The maximum Gasteiger partial charge on any atom is 0.121 e. The number of azo groups is 1. The normalized spacial score (nSPS) is 10.9. The number of thioether (sulfide) groups is 1. The van der Waals surface area contributed by atoms with Crippen LogP contribution in [-0.2, 0) is 0 Å². The molecule has 2 rings (SSSR count). The lowest BCUT2D eigenvalue weighted by molar-refractivity contribution is 0.414. The van der Waals surface area contributed by atoms with E-state index in [0.717, 1.165) is 27.6 Å². The number of benzene rings is 2. The van der Waals surface area contributed by atoms with Gasteiger partial charge in [0.25, 0.3) is 0 Å². The van der Waals surface area contributed by atoms with Crippen LogP contribution in [0, 0.1) is 6.92 Å². The van der Waals surface area contributed by atoms with E-state index in [4.69, 9.17) is 4.74 Å². The van der Waals surface area contributed by atoms with Crippen molar-refractivity contribution in [2.45, 2.75) is 11.8 Å². The molecule has 0 aliphatic rings. The maximum absolute atomic E-state index is 5.28. The highest BCUT2D eigenvalue weighted by atomic mass is 32.2. The largest absolute Gasteiger partial charge is 0.497 e. The standard InChI is InChI=1S/C15H16N2OS/c1-11-9-13(18-2)10-14(15(11)19-3)17-16-12-7-5-4-6-8-12/h4-10H,1-3H3. The fraction of sp³-hybridized carbons (Fsp3) is 0.200. The van der Waals surface area contributed by atoms with E-state index in [1.54, 1.807) is 18.9 Å². The Kier molecular flexibility index (Phi) is 4.58. The zero-order chi connectivity index (χ0) is 13.7. The predicted molar refractivity (Wildman–Crippen MR) is 80.1 cm³/mol. The second-order valence-corrected chi connectivity index (χ2v) is 4.85. The molecule has 0 aliphatic heterocycles. The molecule has 2 aromatic rings. The summed E-state index contributed by atoms with van der Waals surface area (Å²) in [6, 6.07) is 13.6. The summed E-state index contributed by atoms with van der Waals surface area (Å²) in [5.74, 6) is 0.803. The molecule has 19 heavy (non-hydrogen) atoms. The Morgan fingerprint density at radius 1 is 1.05 bits per heavy atom. The average Bonchev–Trinajstić information content (AvgIpc) is 2.45. The molecule has 0 unspecified atom stereocenters. The van der Waals surface area contributed by atoms with Crippen LogP contribution in [0.15, 0.2) is 57.6 Å². The molecule has 0 bridgehead atoms. The van der Waals surface area contributed by atoms with Crippen molar-refractivity contribution >= 4 is 23.1 Å². The Hall–Kier alpha value is -1.81. The lowest BCUT2D eigenvalue weighted by Gasteiger charge is -2.08. The van der Waals surface area contributed by atoms with Crippen molar-refractivity contribution in [2.75, 3.05) is 13.4 Å². The molecule has 0 aliphatic carbocycles. The number of methoxy groups -OCH3 is 1. The van der Waals surface area contributed by atoms with Crippen molar-refractivity contribution in [3.8, 4) is 5.75 Å².